The van der Waals surface area contributed by atoms with Crippen LogP contribution in [0.3, 0.4) is 0 Å². The van der Waals surface area contributed by atoms with Gasteiger partial charge in [0.15, 0.2) is 5.69 Å². The fourth-order valence-electron chi connectivity index (χ4n) is 3.80. The van der Waals surface area contributed by atoms with Crippen LogP contribution in [0.15, 0.2) is 54.6 Å². The molecule has 1 N–H and O–H groups in total. The zero-order valence-electron chi connectivity index (χ0n) is 17.5. The minimum atomic E-state index is -0.490. The van der Waals surface area contributed by atoms with Gasteiger partial charge in [-0.3, -0.25) is 19.7 Å². The van der Waals surface area contributed by atoms with Gasteiger partial charge in [-0.1, -0.05) is 29.5 Å². The molecule has 32 heavy (non-hydrogen) atoms. The van der Waals surface area contributed by atoms with Gasteiger partial charge in [0.1, 0.15) is 0 Å². The Bertz CT molecular complexity index is 1160. The summed E-state index contributed by atoms with van der Waals surface area (Å²) in [5.74, 6) is -0.748. The number of nitrogens with one attached hydrogen (secondary N) is 1. The molecule has 1 fully saturated rings. The number of rotatable bonds is 5. The number of amides is 2. The Labute approximate surface area is 184 Å². The molecule has 0 aliphatic carbocycles. The van der Waals surface area contributed by atoms with Crippen molar-refractivity contribution in [3.05, 3.63) is 76.1 Å². The number of carbonyl (C=O) groups excluding carboxylic acids is 2. The summed E-state index contributed by atoms with van der Waals surface area (Å²) in [6.45, 7) is 2.51. The average molecular weight is 434 g/mol. The van der Waals surface area contributed by atoms with Crippen molar-refractivity contribution in [3.63, 3.8) is 0 Å². The average Bonchev–Trinajstić information content (AvgIpc) is 3.20. The Balaban J connectivity index is 1.49. The standard InChI is InChI=1S/C22H22N6O4/c1-15-20(24-25-27(15)18-10-5-11-19(13-18)28(31)32)22(30)26-12-6-7-16(14-26)21(29)23-17-8-3-2-4-9-17/h2-5,8-11,13,16H,6-7,12,14H2,1H3,(H,23,29). The molecule has 1 aliphatic rings. The predicted molar refractivity (Wildman–Crippen MR) is 116 cm³/mol. The molecule has 2 heterocycles. The first-order valence-corrected chi connectivity index (χ1v) is 10.3. The van der Waals surface area contributed by atoms with Crippen LogP contribution in [0.2, 0.25) is 0 Å². The molecule has 1 saturated heterocycles. The summed E-state index contributed by atoms with van der Waals surface area (Å²) in [5, 5.41) is 22.0. The lowest BCUT2D eigenvalue weighted by molar-refractivity contribution is -0.384. The van der Waals surface area contributed by atoms with E-state index in [2.05, 4.69) is 15.6 Å². The lowest BCUT2D eigenvalue weighted by Gasteiger charge is -2.31. The molecule has 0 saturated carbocycles. The van der Waals surface area contributed by atoms with E-state index >= 15 is 0 Å². The summed E-state index contributed by atoms with van der Waals surface area (Å²) in [6, 6.07) is 15.2. The molecular formula is C22H22N6O4. The van der Waals surface area contributed by atoms with Crippen LogP contribution in [-0.4, -0.2) is 49.7 Å². The molecule has 0 bridgehead atoms. The van der Waals surface area contributed by atoms with Gasteiger partial charge in [0.05, 0.1) is 22.2 Å². The van der Waals surface area contributed by atoms with Crippen molar-refractivity contribution in [1.82, 2.24) is 19.9 Å². The number of likely N-dealkylation sites (tertiary alicyclic amines) is 1. The van der Waals surface area contributed by atoms with Crippen LogP contribution in [-0.2, 0) is 4.79 Å². The van der Waals surface area contributed by atoms with Gasteiger partial charge in [-0.05, 0) is 38.0 Å². The van der Waals surface area contributed by atoms with Gasteiger partial charge in [0, 0.05) is 30.9 Å². The van der Waals surface area contributed by atoms with E-state index < -0.39 is 4.92 Å². The Kier molecular flexibility index (Phi) is 5.93. The summed E-state index contributed by atoms with van der Waals surface area (Å²) in [7, 11) is 0. The summed E-state index contributed by atoms with van der Waals surface area (Å²) >= 11 is 0. The van der Waals surface area contributed by atoms with Crippen LogP contribution < -0.4 is 5.32 Å². The van der Waals surface area contributed by atoms with Crippen LogP contribution in [0.5, 0.6) is 0 Å². The normalized spacial score (nSPS) is 15.9. The molecule has 1 unspecified atom stereocenters. The number of nitro benzene ring substituents is 1. The maximum absolute atomic E-state index is 13.1. The van der Waals surface area contributed by atoms with E-state index in [1.54, 1.807) is 24.0 Å². The van der Waals surface area contributed by atoms with Gasteiger partial charge in [-0.15, -0.1) is 5.10 Å². The molecule has 10 heteroatoms. The van der Waals surface area contributed by atoms with Crippen LogP contribution in [0, 0.1) is 23.0 Å². The van der Waals surface area contributed by atoms with Crippen molar-refractivity contribution in [1.29, 1.82) is 0 Å². The third-order valence-electron chi connectivity index (χ3n) is 5.50. The van der Waals surface area contributed by atoms with E-state index in [9.17, 15) is 19.7 Å². The minimum Gasteiger partial charge on any atom is -0.336 e. The van der Waals surface area contributed by atoms with E-state index in [-0.39, 0.29) is 29.1 Å². The second-order valence-corrected chi connectivity index (χ2v) is 7.66. The highest BCUT2D eigenvalue weighted by Crippen LogP contribution is 2.23. The molecule has 10 nitrogen and oxygen atoms in total. The topological polar surface area (TPSA) is 123 Å². The monoisotopic (exact) mass is 434 g/mol. The number of non-ortho nitro benzene ring substituents is 1. The summed E-state index contributed by atoms with van der Waals surface area (Å²) in [6.07, 6.45) is 1.40. The van der Waals surface area contributed by atoms with Crippen LogP contribution in [0.4, 0.5) is 11.4 Å². The summed E-state index contributed by atoms with van der Waals surface area (Å²) in [5.41, 5.74) is 1.74. The first kappa shape index (κ1) is 21.2. The van der Waals surface area contributed by atoms with Crippen molar-refractivity contribution in [3.8, 4) is 5.69 Å². The molecule has 164 valence electrons. The number of carbonyl (C=O) groups is 2. The third-order valence-corrected chi connectivity index (χ3v) is 5.50. The fourth-order valence-corrected chi connectivity index (χ4v) is 3.80. The number of nitrogens with zero attached hydrogens (tertiary/aromatic N) is 5. The van der Waals surface area contributed by atoms with Gasteiger partial charge in [0.25, 0.3) is 11.6 Å². The predicted octanol–water partition coefficient (Wildman–Crippen LogP) is 2.97. The number of nitro groups is 1. The quantitative estimate of drug-likeness (QED) is 0.486. The molecule has 2 aromatic carbocycles. The summed E-state index contributed by atoms with van der Waals surface area (Å²) in [4.78, 5) is 38.0. The molecule has 1 aromatic heterocycles. The van der Waals surface area contributed by atoms with Crippen molar-refractivity contribution in [2.24, 2.45) is 5.92 Å². The van der Waals surface area contributed by atoms with E-state index in [1.807, 2.05) is 30.3 Å². The zero-order chi connectivity index (χ0) is 22.7. The smallest absolute Gasteiger partial charge is 0.276 e. The van der Waals surface area contributed by atoms with Crippen LogP contribution in [0.1, 0.15) is 29.0 Å². The van der Waals surface area contributed by atoms with Gasteiger partial charge >= 0.3 is 0 Å². The maximum atomic E-state index is 13.1. The highest BCUT2D eigenvalue weighted by atomic mass is 16.6. The first-order chi connectivity index (χ1) is 15.4. The molecule has 0 spiro atoms. The Morgan fingerprint density at radius 2 is 1.94 bits per heavy atom. The van der Waals surface area contributed by atoms with Gasteiger partial charge in [-0.25, -0.2) is 4.68 Å². The second-order valence-electron chi connectivity index (χ2n) is 7.66. The van der Waals surface area contributed by atoms with Gasteiger partial charge < -0.3 is 10.2 Å². The number of hydrogen-bond donors (Lipinski definition) is 1. The van der Waals surface area contributed by atoms with E-state index in [0.717, 1.165) is 5.69 Å². The third kappa shape index (κ3) is 4.34. The summed E-state index contributed by atoms with van der Waals surface area (Å²) < 4.78 is 1.41. The lowest BCUT2D eigenvalue weighted by atomic mass is 9.96. The second kappa shape index (κ2) is 8.96. The number of benzene rings is 2. The largest absolute Gasteiger partial charge is 0.336 e. The number of hydrogen-bond acceptors (Lipinski definition) is 6. The molecule has 1 aliphatic heterocycles. The molecule has 2 amide bonds. The van der Waals surface area contributed by atoms with E-state index in [0.29, 0.717) is 37.3 Å². The van der Waals surface area contributed by atoms with Crippen molar-refractivity contribution in [2.75, 3.05) is 18.4 Å². The highest BCUT2D eigenvalue weighted by Gasteiger charge is 2.31. The number of anilines is 1. The van der Waals surface area contributed by atoms with Gasteiger partial charge in [0.2, 0.25) is 5.91 Å². The van der Waals surface area contributed by atoms with Crippen molar-refractivity contribution >= 4 is 23.2 Å². The molecule has 0 radical (unpaired) electrons. The Morgan fingerprint density at radius 1 is 1.16 bits per heavy atom. The lowest BCUT2D eigenvalue weighted by Crippen LogP contribution is -2.44. The molecule has 4 rings (SSSR count). The van der Waals surface area contributed by atoms with E-state index in [1.165, 1.54) is 16.8 Å². The van der Waals surface area contributed by atoms with Gasteiger partial charge in [-0.2, -0.15) is 0 Å². The van der Waals surface area contributed by atoms with Crippen molar-refractivity contribution in [2.45, 2.75) is 19.8 Å². The number of aromatic nitrogens is 3. The van der Waals surface area contributed by atoms with Crippen LogP contribution >= 0.6 is 0 Å². The zero-order valence-corrected chi connectivity index (χ0v) is 17.5. The SMILES string of the molecule is Cc1c(C(=O)N2CCCC(C(=O)Nc3ccccc3)C2)nnn1-c1cccc([N+](=O)[O-])c1. The van der Waals surface area contributed by atoms with Crippen LogP contribution in [0.25, 0.3) is 5.69 Å². The Hall–Kier alpha value is -4.08. The molecular weight excluding hydrogens is 412 g/mol. The highest BCUT2D eigenvalue weighted by molar-refractivity contribution is 5.95. The van der Waals surface area contributed by atoms with Crippen molar-refractivity contribution < 1.29 is 14.5 Å². The maximum Gasteiger partial charge on any atom is 0.276 e. The fraction of sp³-hybridized carbons (Fsp3) is 0.273. The number of piperidine rings is 1. The number of para-hydroxylation sites is 1. The molecule has 1 atom stereocenters. The minimum absolute atomic E-state index is 0.0754. The van der Waals surface area contributed by atoms with E-state index in [4.69, 9.17) is 0 Å². The Morgan fingerprint density at radius 3 is 2.69 bits per heavy atom. The molecule has 3 aromatic rings. The first-order valence-electron chi connectivity index (χ1n) is 10.3.